The third-order valence-corrected chi connectivity index (χ3v) is 2.38. The van der Waals surface area contributed by atoms with Crippen LogP contribution in [0.15, 0.2) is 0 Å². The normalized spacial score (nSPS) is 39.8. The molecule has 1 aliphatic carbocycles. The number of hydrogen-bond acceptors (Lipinski definition) is 1. The van der Waals surface area contributed by atoms with E-state index in [0.29, 0.717) is 5.25 Å². The molecule has 1 saturated carbocycles. The molecule has 1 aliphatic rings. The van der Waals surface area contributed by atoms with E-state index in [1.807, 2.05) is 0 Å². The molecule has 1 fully saturated rings. The van der Waals surface area contributed by atoms with E-state index in [0.717, 1.165) is 5.92 Å². The Labute approximate surface area is 57.1 Å². The zero-order chi connectivity index (χ0) is 5.98. The lowest BCUT2D eigenvalue weighted by Gasteiger charge is -2.22. The monoisotopic (exact) mass is 130 g/mol. The van der Waals surface area contributed by atoms with Crippen LogP contribution in [0, 0.1) is 5.92 Å². The van der Waals surface area contributed by atoms with E-state index in [-0.39, 0.29) is 0 Å². The molecule has 0 nitrogen and oxygen atoms in total. The Bertz CT molecular complexity index is 62.8. The van der Waals surface area contributed by atoms with Gasteiger partial charge in [-0.1, -0.05) is 19.8 Å². The first-order chi connectivity index (χ1) is 3.79. The molecule has 1 heteroatoms. The molecule has 8 heavy (non-hydrogen) atoms. The topological polar surface area (TPSA) is 0 Å². The van der Waals surface area contributed by atoms with E-state index in [2.05, 4.69) is 19.6 Å². The SMILES string of the molecule is C[C@H]1CCCC(S)C1. The van der Waals surface area contributed by atoms with Gasteiger partial charge in [0.2, 0.25) is 0 Å². The van der Waals surface area contributed by atoms with Crippen molar-refractivity contribution in [2.45, 2.75) is 37.9 Å². The van der Waals surface area contributed by atoms with Gasteiger partial charge in [-0.05, 0) is 18.8 Å². The minimum atomic E-state index is 0.707. The summed E-state index contributed by atoms with van der Waals surface area (Å²) in [5.74, 6) is 0.936. The predicted molar refractivity (Wildman–Crippen MR) is 40.4 cm³/mol. The Kier molecular flexibility index (Phi) is 2.24. The molecule has 0 aromatic carbocycles. The fraction of sp³-hybridized carbons (Fsp3) is 1.00. The molecule has 0 radical (unpaired) electrons. The summed E-state index contributed by atoms with van der Waals surface area (Å²) in [4.78, 5) is 0. The van der Waals surface area contributed by atoms with E-state index in [9.17, 15) is 0 Å². The summed E-state index contributed by atoms with van der Waals surface area (Å²) in [6.07, 6.45) is 5.50. The summed E-state index contributed by atoms with van der Waals surface area (Å²) < 4.78 is 0. The van der Waals surface area contributed by atoms with Crippen LogP contribution in [-0.4, -0.2) is 5.25 Å². The van der Waals surface area contributed by atoms with Crippen LogP contribution in [0.25, 0.3) is 0 Å². The third kappa shape index (κ3) is 1.70. The lowest BCUT2D eigenvalue weighted by molar-refractivity contribution is 0.395. The van der Waals surface area contributed by atoms with E-state index >= 15 is 0 Å². The number of thiol groups is 1. The van der Waals surface area contributed by atoms with Gasteiger partial charge in [-0.3, -0.25) is 0 Å². The summed E-state index contributed by atoms with van der Waals surface area (Å²) in [6, 6.07) is 0. The zero-order valence-corrected chi connectivity index (χ0v) is 6.32. The standard InChI is InChI=1S/C7H14S/c1-6-3-2-4-7(8)5-6/h6-8H,2-5H2,1H3/t6-,7?/m0/s1. The van der Waals surface area contributed by atoms with Gasteiger partial charge in [0.15, 0.2) is 0 Å². The molecule has 1 rings (SSSR count). The van der Waals surface area contributed by atoms with Crippen LogP contribution >= 0.6 is 12.6 Å². The lowest BCUT2D eigenvalue weighted by atomic mass is 9.91. The van der Waals surface area contributed by atoms with Crippen molar-refractivity contribution in [3.8, 4) is 0 Å². The van der Waals surface area contributed by atoms with E-state index in [1.165, 1.54) is 25.7 Å². The highest BCUT2D eigenvalue weighted by Gasteiger charge is 2.14. The van der Waals surface area contributed by atoms with Gasteiger partial charge in [0.25, 0.3) is 0 Å². The highest BCUT2D eigenvalue weighted by Crippen LogP contribution is 2.26. The van der Waals surface area contributed by atoms with Gasteiger partial charge in [-0.15, -0.1) is 0 Å². The van der Waals surface area contributed by atoms with Gasteiger partial charge < -0.3 is 0 Å². The Morgan fingerprint density at radius 1 is 1.38 bits per heavy atom. The van der Waals surface area contributed by atoms with Crippen molar-refractivity contribution in [2.24, 2.45) is 5.92 Å². The molecule has 0 aliphatic heterocycles. The fourth-order valence-corrected chi connectivity index (χ4v) is 1.94. The predicted octanol–water partition coefficient (Wildman–Crippen LogP) is 2.49. The number of rotatable bonds is 0. The molecular weight excluding hydrogens is 116 g/mol. The smallest absolute Gasteiger partial charge is 0.00193 e. The minimum Gasteiger partial charge on any atom is -0.176 e. The van der Waals surface area contributed by atoms with Crippen LogP contribution in [0.4, 0.5) is 0 Å². The molecule has 0 saturated heterocycles. The maximum Gasteiger partial charge on any atom is 0.00193 e. The van der Waals surface area contributed by atoms with Crippen LogP contribution in [0.5, 0.6) is 0 Å². The molecule has 0 N–H and O–H groups in total. The first-order valence-corrected chi connectivity index (χ1v) is 3.98. The zero-order valence-electron chi connectivity index (χ0n) is 5.43. The van der Waals surface area contributed by atoms with Gasteiger partial charge >= 0.3 is 0 Å². The third-order valence-electron chi connectivity index (χ3n) is 1.91. The minimum absolute atomic E-state index is 0.707. The fourth-order valence-electron chi connectivity index (χ4n) is 1.40. The largest absolute Gasteiger partial charge is 0.176 e. The van der Waals surface area contributed by atoms with Crippen LogP contribution in [0.2, 0.25) is 0 Å². The van der Waals surface area contributed by atoms with Crippen molar-refractivity contribution in [1.82, 2.24) is 0 Å². The maximum atomic E-state index is 4.42. The summed E-state index contributed by atoms with van der Waals surface area (Å²) in [5.41, 5.74) is 0. The second kappa shape index (κ2) is 2.77. The van der Waals surface area contributed by atoms with E-state index in [4.69, 9.17) is 0 Å². The molecule has 48 valence electrons. The Balaban J connectivity index is 2.23. The second-order valence-corrected chi connectivity index (χ2v) is 3.66. The quantitative estimate of drug-likeness (QED) is 0.478. The van der Waals surface area contributed by atoms with Gasteiger partial charge in [0, 0.05) is 5.25 Å². The van der Waals surface area contributed by atoms with Gasteiger partial charge in [-0.25, -0.2) is 0 Å². The van der Waals surface area contributed by atoms with Crippen molar-refractivity contribution >= 4 is 12.6 Å². The molecule has 0 spiro atoms. The molecule has 0 aromatic heterocycles. The van der Waals surface area contributed by atoms with Crippen LogP contribution in [-0.2, 0) is 0 Å². The van der Waals surface area contributed by atoms with Crippen molar-refractivity contribution in [1.29, 1.82) is 0 Å². The van der Waals surface area contributed by atoms with Crippen LogP contribution in [0.3, 0.4) is 0 Å². The average Bonchev–Trinajstić information content (AvgIpc) is 1.64. The average molecular weight is 130 g/mol. The molecular formula is C7H14S. The van der Waals surface area contributed by atoms with Crippen molar-refractivity contribution in [3.05, 3.63) is 0 Å². The molecule has 0 amide bonds. The summed E-state index contributed by atoms with van der Waals surface area (Å²) in [7, 11) is 0. The second-order valence-electron chi connectivity index (χ2n) is 2.93. The first kappa shape index (κ1) is 6.47. The highest BCUT2D eigenvalue weighted by molar-refractivity contribution is 7.80. The van der Waals surface area contributed by atoms with Gasteiger partial charge in [0.1, 0.15) is 0 Å². The maximum absolute atomic E-state index is 4.42. The van der Waals surface area contributed by atoms with E-state index < -0.39 is 0 Å². The van der Waals surface area contributed by atoms with Gasteiger partial charge in [0.05, 0.1) is 0 Å². The summed E-state index contributed by atoms with van der Waals surface area (Å²) in [5, 5.41) is 0.707. The molecule has 1 unspecified atom stereocenters. The van der Waals surface area contributed by atoms with Crippen molar-refractivity contribution < 1.29 is 0 Å². The lowest BCUT2D eigenvalue weighted by Crippen LogP contribution is -2.12. The molecule has 0 heterocycles. The number of hydrogen-bond donors (Lipinski definition) is 1. The van der Waals surface area contributed by atoms with E-state index in [1.54, 1.807) is 0 Å². The van der Waals surface area contributed by atoms with Crippen LogP contribution < -0.4 is 0 Å². The van der Waals surface area contributed by atoms with Crippen LogP contribution in [0.1, 0.15) is 32.6 Å². The Morgan fingerprint density at radius 2 is 2.12 bits per heavy atom. The first-order valence-electron chi connectivity index (χ1n) is 3.47. The summed E-state index contributed by atoms with van der Waals surface area (Å²) in [6.45, 7) is 2.32. The Morgan fingerprint density at radius 3 is 2.50 bits per heavy atom. The molecule has 2 atom stereocenters. The molecule has 0 bridgehead atoms. The van der Waals surface area contributed by atoms with Crippen molar-refractivity contribution in [2.75, 3.05) is 0 Å². The highest BCUT2D eigenvalue weighted by atomic mass is 32.1. The van der Waals surface area contributed by atoms with Crippen molar-refractivity contribution in [3.63, 3.8) is 0 Å². The Hall–Kier alpha value is 0.350. The summed E-state index contributed by atoms with van der Waals surface area (Å²) >= 11 is 4.42. The van der Waals surface area contributed by atoms with Gasteiger partial charge in [-0.2, -0.15) is 12.6 Å². The molecule has 0 aromatic rings.